The molecule has 0 amide bonds. The van der Waals surface area contributed by atoms with E-state index in [4.69, 9.17) is 4.74 Å². The van der Waals surface area contributed by atoms with Gasteiger partial charge in [-0.1, -0.05) is 67.0 Å². The molecule has 6 rings (SSSR count). The van der Waals surface area contributed by atoms with Crippen molar-refractivity contribution < 1.29 is 9.53 Å². The molecule has 0 spiro atoms. The molecule has 2 nitrogen and oxygen atoms in total. The Morgan fingerprint density at radius 3 is 2.19 bits per heavy atom. The monoisotopic (exact) mass is 438 g/mol. The second-order valence-electron chi connectivity index (χ2n) is 15.2. The van der Waals surface area contributed by atoms with Crippen LogP contribution in [0.1, 0.15) is 107 Å². The van der Waals surface area contributed by atoms with E-state index < -0.39 is 0 Å². The van der Waals surface area contributed by atoms with Crippen molar-refractivity contribution in [1.82, 2.24) is 0 Å². The number of hydrogen-bond donors (Lipinski definition) is 0. The highest BCUT2D eigenvalue weighted by atomic mass is 16.6. The van der Waals surface area contributed by atoms with Crippen LogP contribution in [0.4, 0.5) is 0 Å². The van der Waals surface area contributed by atoms with Gasteiger partial charge >= 0.3 is 0 Å². The van der Waals surface area contributed by atoms with Crippen LogP contribution < -0.4 is 0 Å². The third-order valence-corrected chi connectivity index (χ3v) is 13.0. The Labute approximate surface area is 196 Å². The standard InChI is InChI=1S/C30H46O2/c1-25(2)13-14-27(5)15-16-28(6)18(19(27)17-25)9-10-21-29(28,7)12-11-20-26(3,4)23(31)22-24(32-22)30(20,21)8/h17-18,20-22,24H,9-16H2,1-8H3/t18-,20+,21+,22+,24+,27-,28-,29-,30+/m1/s1. The lowest BCUT2D eigenvalue weighted by Crippen LogP contribution is -2.67. The van der Waals surface area contributed by atoms with E-state index in [1.54, 1.807) is 0 Å². The summed E-state index contributed by atoms with van der Waals surface area (Å²) >= 11 is 0. The van der Waals surface area contributed by atoms with E-state index in [1.165, 1.54) is 51.4 Å². The number of fused-ring (bicyclic) bond motifs is 9. The Bertz CT molecular complexity index is 912. The lowest BCUT2D eigenvalue weighted by atomic mass is 9.32. The number of rotatable bonds is 0. The van der Waals surface area contributed by atoms with E-state index >= 15 is 0 Å². The van der Waals surface area contributed by atoms with Crippen LogP contribution in [0.15, 0.2) is 11.6 Å². The predicted molar refractivity (Wildman–Crippen MR) is 129 cm³/mol. The normalized spacial score (nSPS) is 57.2. The van der Waals surface area contributed by atoms with Crippen LogP contribution in [-0.2, 0) is 9.53 Å². The SMILES string of the molecule is CC1(C)C=C2[C@H]3CC[C@@H]4[C@@]5(C)[C@H]6O[C@H]6C(=O)C(C)(C)[C@@H]5CC[C@@]4(C)[C@]3(C)CC[C@@]2(C)CC1. The minimum atomic E-state index is -0.243. The van der Waals surface area contributed by atoms with Crippen LogP contribution in [0.2, 0.25) is 0 Å². The lowest BCUT2D eigenvalue weighted by molar-refractivity contribution is -0.209. The third kappa shape index (κ3) is 2.35. The van der Waals surface area contributed by atoms with Crippen molar-refractivity contribution >= 4 is 5.78 Å². The first-order valence-corrected chi connectivity index (χ1v) is 13.6. The van der Waals surface area contributed by atoms with Crippen molar-refractivity contribution in [2.75, 3.05) is 0 Å². The van der Waals surface area contributed by atoms with Gasteiger partial charge in [0.1, 0.15) is 6.10 Å². The zero-order chi connectivity index (χ0) is 23.1. The molecule has 4 saturated carbocycles. The number of ether oxygens (including phenoxy) is 1. The summed E-state index contributed by atoms with van der Waals surface area (Å²) in [5.41, 5.74) is 3.19. The zero-order valence-corrected chi connectivity index (χ0v) is 21.9. The van der Waals surface area contributed by atoms with Gasteiger partial charge in [0.2, 0.25) is 0 Å². The molecule has 6 aliphatic rings. The van der Waals surface area contributed by atoms with E-state index in [0.717, 1.165) is 5.92 Å². The highest BCUT2D eigenvalue weighted by Crippen LogP contribution is 2.77. The molecule has 178 valence electrons. The first-order valence-electron chi connectivity index (χ1n) is 13.6. The highest BCUT2D eigenvalue weighted by Gasteiger charge is 2.76. The van der Waals surface area contributed by atoms with Gasteiger partial charge in [-0.25, -0.2) is 0 Å². The molecule has 1 heterocycles. The van der Waals surface area contributed by atoms with Crippen LogP contribution in [0.3, 0.4) is 0 Å². The molecule has 0 unspecified atom stereocenters. The van der Waals surface area contributed by atoms with E-state index in [1.807, 2.05) is 5.57 Å². The van der Waals surface area contributed by atoms with Gasteiger partial charge in [0.05, 0.1) is 6.10 Å². The molecule has 0 N–H and O–H groups in total. The second-order valence-corrected chi connectivity index (χ2v) is 15.2. The molecule has 5 aliphatic carbocycles. The summed E-state index contributed by atoms with van der Waals surface area (Å²) in [5, 5.41) is 0. The largest absolute Gasteiger partial charge is 0.361 e. The fourth-order valence-electron chi connectivity index (χ4n) is 10.8. The smallest absolute Gasteiger partial charge is 0.170 e. The molecule has 0 aromatic heterocycles. The molecular formula is C30H46O2. The summed E-state index contributed by atoms with van der Waals surface area (Å²) in [5.74, 6) is 2.25. The summed E-state index contributed by atoms with van der Waals surface area (Å²) < 4.78 is 6.23. The third-order valence-electron chi connectivity index (χ3n) is 13.0. The Morgan fingerprint density at radius 1 is 0.781 bits per heavy atom. The number of epoxide rings is 1. The van der Waals surface area contributed by atoms with Crippen LogP contribution in [0.25, 0.3) is 0 Å². The summed E-state index contributed by atoms with van der Waals surface area (Å²) in [7, 11) is 0. The van der Waals surface area contributed by atoms with E-state index in [0.29, 0.717) is 39.3 Å². The van der Waals surface area contributed by atoms with Gasteiger partial charge in [0.15, 0.2) is 5.78 Å². The molecular weight excluding hydrogens is 392 g/mol. The average molecular weight is 439 g/mol. The van der Waals surface area contributed by atoms with E-state index in [2.05, 4.69) is 61.5 Å². The molecule has 1 saturated heterocycles. The highest BCUT2D eigenvalue weighted by molar-refractivity contribution is 5.92. The number of ketones is 1. The minimum absolute atomic E-state index is 0.115. The minimum Gasteiger partial charge on any atom is -0.361 e. The summed E-state index contributed by atoms with van der Waals surface area (Å²) in [4.78, 5) is 13.1. The van der Waals surface area contributed by atoms with E-state index in [-0.39, 0.29) is 23.0 Å². The number of carbonyl (C=O) groups is 1. The zero-order valence-electron chi connectivity index (χ0n) is 21.9. The Kier molecular flexibility index (Phi) is 4.07. The first kappa shape index (κ1) is 21.9. The van der Waals surface area contributed by atoms with Crippen LogP contribution in [-0.4, -0.2) is 18.0 Å². The molecule has 0 aromatic rings. The topological polar surface area (TPSA) is 29.6 Å². The fourth-order valence-corrected chi connectivity index (χ4v) is 10.8. The molecule has 9 atom stereocenters. The van der Waals surface area contributed by atoms with Crippen molar-refractivity contribution in [3.05, 3.63) is 11.6 Å². The van der Waals surface area contributed by atoms with Gasteiger partial charge in [0, 0.05) is 10.8 Å². The summed E-state index contributed by atoms with van der Waals surface area (Å²) in [6.45, 7) is 19.8. The molecule has 0 radical (unpaired) electrons. The molecule has 5 fully saturated rings. The van der Waals surface area contributed by atoms with Gasteiger partial charge in [-0.2, -0.15) is 0 Å². The molecule has 1 aliphatic heterocycles. The Hall–Kier alpha value is -0.630. The Morgan fingerprint density at radius 2 is 1.47 bits per heavy atom. The van der Waals surface area contributed by atoms with Gasteiger partial charge in [-0.15, -0.1) is 0 Å². The van der Waals surface area contributed by atoms with Crippen molar-refractivity contribution in [1.29, 1.82) is 0 Å². The first-order chi connectivity index (χ1) is 14.7. The average Bonchev–Trinajstić information content (AvgIpc) is 3.50. The predicted octanol–water partition coefficient (Wildman–Crippen LogP) is 7.36. The van der Waals surface area contributed by atoms with E-state index in [9.17, 15) is 4.79 Å². The van der Waals surface area contributed by atoms with Crippen LogP contribution in [0, 0.1) is 50.2 Å². The van der Waals surface area contributed by atoms with Crippen molar-refractivity contribution in [3.8, 4) is 0 Å². The van der Waals surface area contributed by atoms with Gasteiger partial charge < -0.3 is 4.74 Å². The summed E-state index contributed by atoms with van der Waals surface area (Å²) in [6, 6.07) is 0. The number of allylic oxidation sites excluding steroid dienone is 2. The van der Waals surface area contributed by atoms with Crippen molar-refractivity contribution in [3.63, 3.8) is 0 Å². The van der Waals surface area contributed by atoms with Crippen LogP contribution in [0.5, 0.6) is 0 Å². The van der Waals surface area contributed by atoms with Crippen molar-refractivity contribution in [2.24, 2.45) is 50.2 Å². The Balaban J connectivity index is 1.44. The molecule has 32 heavy (non-hydrogen) atoms. The second kappa shape index (κ2) is 5.95. The maximum absolute atomic E-state index is 13.1. The number of hydrogen-bond acceptors (Lipinski definition) is 2. The molecule has 2 heteroatoms. The van der Waals surface area contributed by atoms with Gasteiger partial charge in [-0.3, -0.25) is 4.79 Å². The summed E-state index contributed by atoms with van der Waals surface area (Å²) in [6.07, 6.45) is 13.4. The van der Waals surface area contributed by atoms with Crippen molar-refractivity contribution in [2.45, 2.75) is 119 Å². The van der Waals surface area contributed by atoms with Gasteiger partial charge in [-0.05, 0) is 90.8 Å². The van der Waals surface area contributed by atoms with Crippen LogP contribution >= 0.6 is 0 Å². The maximum atomic E-state index is 13.1. The molecule has 0 aromatic carbocycles. The fraction of sp³-hybridized carbons (Fsp3) is 0.900. The maximum Gasteiger partial charge on any atom is 0.170 e. The quantitative estimate of drug-likeness (QED) is 0.292. The van der Waals surface area contributed by atoms with Gasteiger partial charge in [0.25, 0.3) is 0 Å². The number of carbonyl (C=O) groups excluding carboxylic acids is 1. The lowest BCUT2D eigenvalue weighted by Gasteiger charge is -2.71. The number of Topliss-reactive ketones (excluding diaryl/α,β-unsaturated/α-hetero) is 1. The molecule has 0 bridgehead atoms.